The van der Waals surface area contributed by atoms with E-state index in [1.807, 2.05) is 22.6 Å². The van der Waals surface area contributed by atoms with Crippen molar-refractivity contribution in [2.75, 3.05) is 19.4 Å². The van der Waals surface area contributed by atoms with E-state index in [0.717, 1.165) is 4.31 Å². The minimum absolute atomic E-state index is 0.0207. The average Bonchev–Trinajstić information content (AvgIpc) is 2.47. The molecule has 0 bridgehead atoms. The standard InChI is InChI=1S/C15H14FIN2O3S/c1-19(2)23(21,22)12-6-7-14(17)13(9-12)15(20)18-11-5-3-4-10(16)8-11/h3-9H,1-2H3,(H,18,20). The van der Waals surface area contributed by atoms with E-state index in [2.05, 4.69) is 5.32 Å². The number of rotatable bonds is 4. The first-order valence-corrected chi connectivity index (χ1v) is 9.02. The normalized spacial score (nSPS) is 11.5. The van der Waals surface area contributed by atoms with Gasteiger partial charge in [-0.25, -0.2) is 17.1 Å². The van der Waals surface area contributed by atoms with Crippen LogP contribution in [0.2, 0.25) is 0 Å². The predicted octanol–water partition coefficient (Wildman–Crippen LogP) is 2.93. The summed E-state index contributed by atoms with van der Waals surface area (Å²) in [5.41, 5.74) is 0.504. The zero-order valence-corrected chi connectivity index (χ0v) is 15.4. The number of hydrogen-bond acceptors (Lipinski definition) is 3. The molecule has 1 amide bonds. The molecule has 2 rings (SSSR count). The summed E-state index contributed by atoms with van der Waals surface area (Å²) in [6.07, 6.45) is 0. The lowest BCUT2D eigenvalue weighted by Gasteiger charge is -2.13. The van der Waals surface area contributed by atoms with Gasteiger partial charge in [-0.1, -0.05) is 6.07 Å². The molecular weight excluding hydrogens is 434 g/mol. The highest BCUT2D eigenvalue weighted by atomic mass is 127. The zero-order valence-electron chi connectivity index (χ0n) is 12.4. The summed E-state index contributed by atoms with van der Waals surface area (Å²) in [6, 6.07) is 9.78. The lowest BCUT2D eigenvalue weighted by Crippen LogP contribution is -2.23. The summed E-state index contributed by atoms with van der Waals surface area (Å²) in [5.74, 6) is -0.975. The van der Waals surface area contributed by atoms with E-state index in [1.165, 1.54) is 44.4 Å². The lowest BCUT2D eigenvalue weighted by molar-refractivity contribution is 0.102. The van der Waals surface area contributed by atoms with Gasteiger partial charge in [0.25, 0.3) is 5.91 Å². The third kappa shape index (κ3) is 4.06. The molecule has 8 heteroatoms. The summed E-state index contributed by atoms with van der Waals surface area (Å²) < 4.78 is 39.2. The van der Waals surface area contributed by atoms with Crippen molar-refractivity contribution in [1.29, 1.82) is 0 Å². The van der Waals surface area contributed by atoms with Crippen molar-refractivity contribution in [2.24, 2.45) is 0 Å². The molecule has 0 heterocycles. The number of anilines is 1. The van der Waals surface area contributed by atoms with Gasteiger partial charge in [0, 0.05) is 23.4 Å². The van der Waals surface area contributed by atoms with Crippen LogP contribution in [0.25, 0.3) is 0 Å². The molecule has 0 unspecified atom stereocenters. The summed E-state index contributed by atoms with van der Waals surface area (Å²) in [4.78, 5) is 12.4. The van der Waals surface area contributed by atoms with Crippen molar-refractivity contribution in [3.63, 3.8) is 0 Å². The Bertz CT molecular complexity index is 854. The average molecular weight is 448 g/mol. The molecule has 0 fully saturated rings. The summed E-state index contributed by atoms with van der Waals surface area (Å²) >= 11 is 1.94. The van der Waals surface area contributed by atoms with Crippen molar-refractivity contribution in [3.8, 4) is 0 Å². The Morgan fingerprint density at radius 2 is 1.87 bits per heavy atom. The van der Waals surface area contributed by atoms with E-state index in [9.17, 15) is 17.6 Å². The van der Waals surface area contributed by atoms with E-state index in [4.69, 9.17) is 0 Å². The Kier molecular flexibility index (Phi) is 5.37. The van der Waals surface area contributed by atoms with E-state index in [0.29, 0.717) is 9.26 Å². The third-order valence-electron chi connectivity index (χ3n) is 3.04. The number of hydrogen-bond donors (Lipinski definition) is 1. The van der Waals surface area contributed by atoms with Gasteiger partial charge in [0.15, 0.2) is 0 Å². The fraction of sp³-hybridized carbons (Fsp3) is 0.133. The third-order valence-corrected chi connectivity index (χ3v) is 5.80. The quantitative estimate of drug-likeness (QED) is 0.732. The van der Waals surface area contributed by atoms with Crippen LogP contribution in [0, 0.1) is 9.39 Å². The number of halogens is 2. The van der Waals surface area contributed by atoms with Gasteiger partial charge in [-0.2, -0.15) is 0 Å². The maximum atomic E-state index is 13.2. The molecule has 2 aromatic rings. The Balaban J connectivity index is 2.37. The second kappa shape index (κ2) is 6.93. The number of carbonyl (C=O) groups excluding carboxylic acids is 1. The molecule has 0 aliphatic carbocycles. The lowest BCUT2D eigenvalue weighted by atomic mass is 10.2. The van der Waals surface area contributed by atoms with Gasteiger partial charge in [0.1, 0.15) is 5.82 Å². The Morgan fingerprint density at radius 1 is 1.17 bits per heavy atom. The Hall–Kier alpha value is -1.52. The van der Waals surface area contributed by atoms with E-state index in [1.54, 1.807) is 12.1 Å². The van der Waals surface area contributed by atoms with Crippen molar-refractivity contribution in [3.05, 3.63) is 57.4 Å². The summed E-state index contributed by atoms with van der Waals surface area (Å²) in [6.45, 7) is 0. The number of nitrogens with zero attached hydrogens (tertiary/aromatic N) is 1. The summed E-state index contributed by atoms with van der Waals surface area (Å²) in [7, 11) is -0.806. The highest BCUT2D eigenvalue weighted by Crippen LogP contribution is 2.21. The van der Waals surface area contributed by atoms with E-state index < -0.39 is 21.7 Å². The molecule has 23 heavy (non-hydrogen) atoms. The monoisotopic (exact) mass is 448 g/mol. The van der Waals surface area contributed by atoms with Crippen LogP contribution in [0.3, 0.4) is 0 Å². The molecule has 0 aliphatic heterocycles. The molecule has 0 saturated heterocycles. The number of sulfonamides is 1. The van der Waals surface area contributed by atoms with Crippen LogP contribution >= 0.6 is 22.6 Å². The second-order valence-corrected chi connectivity index (χ2v) is 8.21. The Labute approximate surface area is 147 Å². The molecule has 1 N–H and O–H groups in total. The fourth-order valence-corrected chi connectivity index (χ4v) is 3.32. The van der Waals surface area contributed by atoms with Crippen LogP contribution in [-0.4, -0.2) is 32.7 Å². The van der Waals surface area contributed by atoms with Gasteiger partial charge in [-0.15, -0.1) is 0 Å². The smallest absolute Gasteiger partial charge is 0.256 e. The van der Waals surface area contributed by atoms with Crippen LogP contribution in [0.4, 0.5) is 10.1 Å². The molecule has 0 aromatic heterocycles. The molecule has 0 atom stereocenters. The van der Waals surface area contributed by atoms with Crippen molar-refractivity contribution in [1.82, 2.24) is 4.31 Å². The predicted molar refractivity (Wildman–Crippen MR) is 94.4 cm³/mol. The van der Waals surface area contributed by atoms with Crippen molar-refractivity contribution >= 4 is 44.2 Å². The van der Waals surface area contributed by atoms with Gasteiger partial charge < -0.3 is 5.32 Å². The van der Waals surface area contributed by atoms with Gasteiger partial charge >= 0.3 is 0 Å². The summed E-state index contributed by atoms with van der Waals surface area (Å²) in [5, 5.41) is 2.56. The molecule has 0 spiro atoms. The molecular formula is C15H14FIN2O3S. The number of nitrogens with one attached hydrogen (secondary N) is 1. The van der Waals surface area contributed by atoms with Crippen molar-refractivity contribution in [2.45, 2.75) is 4.90 Å². The van der Waals surface area contributed by atoms with Gasteiger partial charge in [-0.05, 0) is 59.0 Å². The highest BCUT2D eigenvalue weighted by Gasteiger charge is 2.20. The van der Waals surface area contributed by atoms with Crippen molar-refractivity contribution < 1.29 is 17.6 Å². The molecule has 0 radical (unpaired) electrons. The maximum Gasteiger partial charge on any atom is 0.256 e. The first kappa shape index (κ1) is 17.8. The molecule has 0 aliphatic rings. The number of benzene rings is 2. The van der Waals surface area contributed by atoms with Gasteiger partial charge in [-0.3, -0.25) is 4.79 Å². The first-order valence-electron chi connectivity index (χ1n) is 6.51. The minimum atomic E-state index is -3.64. The van der Waals surface area contributed by atoms with Gasteiger partial charge in [0.2, 0.25) is 10.0 Å². The van der Waals surface area contributed by atoms with Gasteiger partial charge in [0.05, 0.1) is 10.5 Å². The van der Waals surface area contributed by atoms with E-state index in [-0.39, 0.29) is 10.5 Å². The maximum absolute atomic E-state index is 13.2. The Morgan fingerprint density at radius 3 is 2.48 bits per heavy atom. The molecule has 5 nitrogen and oxygen atoms in total. The number of carbonyl (C=O) groups is 1. The number of amides is 1. The topological polar surface area (TPSA) is 66.5 Å². The van der Waals surface area contributed by atoms with Crippen LogP contribution in [0.1, 0.15) is 10.4 Å². The highest BCUT2D eigenvalue weighted by molar-refractivity contribution is 14.1. The minimum Gasteiger partial charge on any atom is -0.322 e. The molecule has 122 valence electrons. The van der Waals surface area contributed by atoms with Crippen LogP contribution in [0.5, 0.6) is 0 Å². The largest absolute Gasteiger partial charge is 0.322 e. The van der Waals surface area contributed by atoms with Crippen LogP contribution in [-0.2, 0) is 10.0 Å². The molecule has 2 aromatic carbocycles. The first-order chi connectivity index (χ1) is 10.7. The SMILES string of the molecule is CN(C)S(=O)(=O)c1ccc(I)c(C(=O)Nc2cccc(F)c2)c1. The van der Waals surface area contributed by atoms with Crippen LogP contribution < -0.4 is 5.32 Å². The van der Waals surface area contributed by atoms with E-state index >= 15 is 0 Å². The second-order valence-electron chi connectivity index (χ2n) is 4.89. The zero-order chi connectivity index (χ0) is 17.2. The fourth-order valence-electron chi connectivity index (χ4n) is 1.81. The van der Waals surface area contributed by atoms with Crippen LogP contribution in [0.15, 0.2) is 47.4 Å². The molecule has 0 saturated carbocycles.